The molecule has 6 nitrogen and oxygen atoms in total. The van der Waals surface area contributed by atoms with Gasteiger partial charge < -0.3 is 5.32 Å². The summed E-state index contributed by atoms with van der Waals surface area (Å²) in [6.07, 6.45) is 1.18. The Hall–Kier alpha value is -1.43. The molecule has 1 heterocycles. The van der Waals surface area contributed by atoms with Crippen molar-refractivity contribution in [3.8, 4) is 0 Å². The van der Waals surface area contributed by atoms with E-state index in [9.17, 15) is 10.1 Å². The van der Waals surface area contributed by atoms with Crippen LogP contribution in [0.25, 0.3) is 0 Å². The molecular weight excluding hydrogens is 208 g/mol. The summed E-state index contributed by atoms with van der Waals surface area (Å²) < 4.78 is 0. The predicted molar refractivity (Wildman–Crippen MR) is 52.5 cm³/mol. The Labute approximate surface area is 85.5 Å². The average Bonchev–Trinajstić information content (AvgIpc) is 2.01. The van der Waals surface area contributed by atoms with Gasteiger partial charge in [0, 0.05) is 6.04 Å². The number of hydrogen-bond acceptors (Lipinski definition) is 5. The van der Waals surface area contributed by atoms with Gasteiger partial charge in [0.2, 0.25) is 11.0 Å². The summed E-state index contributed by atoms with van der Waals surface area (Å²) >= 11 is 5.58. The highest BCUT2D eigenvalue weighted by Crippen LogP contribution is 2.28. The van der Waals surface area contributed by atoms with Crippen LogP contribution in [0.5, 0.6) is 0 Å². The Kier molecular flexibility index (Phi) is 3.19. The lowest BCUT2D eigenvalue weighted by Crippen LogP contribution is -2.13. The second-order valence-corrected chi connectivity index (χ2v) is 3.28. The molecule has 1 aromatic heterocycles. The van der Waals surface area contributed by atoms with Crippen molar-refractivity contribution in [2.24, 2.45) is 0 Å². The molecule has 0 aliphatic rings. The van der Waals surface area contributed by atoms with Crippen LogP contribution < -0.4 is 5.32 Å². The fourth-order valence-electron chi connectivity index (χ4n) is 0.898. The standard InChI is InChI=1S/C7H9ClN4O2/c1-4(2)11-7-5(12(13)14)6(8)9-3-10-7/h3-4H,1-2H3,(H,9,10,11). The maximum atomic E-state index is 10.6. The molecule has 14 heavy (non-hydrogen) atoms. The van der Waals surface area contributed by atoms with Crippen LogP contribution in [0.1, 0.15) is 13.8 Å². The van der Waals surface area contributed by atoms with Crippen LogP contribution in [-0.4, -0.2) is 20.9 Å². The molecule has 0 aromatic carbocycles. The van der Waals surface area contributed by atoms with E-state index in [0.29, 0.717) is 0 Å². The third kappa shape index (κ3) is 2.29. The first-order chi connectivity index (χ1) is 6.52. The van der Waals surface area contributed by atoms with Crippen LogP contribution in [0.15, 0.2) is 6.33 Å². The van der Waals surface area contributed by atoms with Gasteiger partial charge in [-0.1, -0.05) is 11.6 Å². The molecule has 0 radical (unpaired) electrons. The third-order valence-electron chi connectivity index (χ3n) is 1.39. The Morgan fingerprint density at radius 1 is 1.57 bits per heavy atom. The molecule has 0 bridgehead atoms. The molecule has 0 aliphatic carbocycles. The van der Waals surface area contributed by atoms with Gasteiger partial charge in [-0.3, -0.25) is 10.1 Å². The lowest BCUT2D eigenvalue weighted by molar-refractivity contribution is -0.384. The van der Waals surface area contributed by atoms with Crippen LogP contribution in [0.2, 0.25) is 5.15 Å². The first kappa shape index (κ1) is 10.6. The smallest absolute Gasteiger partial charge is 0.348 e. The molecule has 0 amide bonds. The first-order valence-corrected chi connectivity index (χ1v) is 4.31. The molecule has 0 unspecified atom stereocenters. The zero-order valence-electron chi connectivity index (χ0n) is 7.69. The number of rotatable bonds is 3. The molecule has 76 valence electrons. The topological polar surface area (TPSA) is 81.0 Å². The van der Waals surface area contributed by atoms with Crippen LogP contribution in [0, 0.1) is 10.1 Å². The van der Waals surface area contributed by atoms with Crippen molar-refractivity contribution in [2.45, 2.75) is 19.9 Å². The maximum Gasteiger partial charge on any atom is 0.348 e. The van der Waals surface area contributed by atoms with E-state index >= 15 is 0 Å². The van der Waals surface area contributed by atoms with E-state index < -0.39 is 4.92 Å². The molecule has 0 spiro atoms. The molecule has 1 aromatic rings. The maximum absolute atomic E-state index is 10.6. The summed E-state index contributed by atoms with van der Waals surface area (Å²) in [6, 6.07) is 0.0414. The summed E-state index contributed by atoms with van der Waals surface area (Å²) in [5, 5.41) is 13.3. The van der Waals surface area contributed by atoms with Crippen LogP contribution in [0.4, 0.5) is 11.5 Å². The number of nitrogens with one attached hydrogen (secondary N) is 1. The number of anilines is 1. The summed E-state index contributed by atoms with van der Waals surface area (Å²) in [4.78, 5) is 17.3. The minimum atomic E-state index is -0.604. The fourth-order valence-corrected chi connectivity index (χ4v) is 1.10. The van der Waals surface area contributed by atoms with Gasteiger partial charge >= 0.3 is 5.69 Å². The Balaban J connectivity index is 3.14. The number of nitrogens with zero attached hydrogens (tertiary/aromatic N) is 3. The number of aromatic nitrogens is 2. The van der Waals surface area contributed by atoms with Crippen LogP contribution in [0.3, 0.4) is 0 Å². The van der Waals surface area contributed by atoms with Gasteiger partial charge in [0.05, 0.1) is 4.92 Å². The lowest BCUT2D eigenvalue weighted by Gasteiger charge is -2.08. The van der Waals surface area contributed by atoms with Gasteiger partial charge in [-0.15, -0.1) is 0 Å². The Morgan fingerprint density at radius 3 is 2.71 bits per heavy atom. The lowest BCUT2D eigenvalue weighted by atomic mass is 10.4. The fraction of sp³-hybridized carbons (Fsp3) is 0.429. The minimum absolute atomic E-state index is 0.0414. The normalized spacial score (nSPS) is 10.3. The van der Waals surface area contributed by atoms with E-state index in [1.807, 2.05) is 13.8 Å². The summed E-state index contributed by atoms with van der Waals surface area (Å²) in [5.41, 5.74) is -0.289. The van der Waals surface area contributed by atoms with Crippen molar-refractivity contribution in [2.75, 3.05) is 5.32 Å². The number of nitro groups is 1. The SMILES string of the molecule is CC(C)Nc1ncnc(Cl)c1[N+](=O)[O-]. The first-order valence-electron chi connectivity index (χ1n) is 3.93. The molecule has 7 heteroatoms. The largest absolute Gasteiger partial charge is 0.362 e. The number of hydrogen-bond donors (Lipinski definition) is 1. The van der Waals surface area contributed by atoms with Crippen molar-refractivity contribution in [3.05, 3.63) is 21.6 Å². The Bertz CT molecular complexity index is 356. The highest BCUT2D eigenvalue weighted by molar-refractivity contribution is 6.31. The van der Waals surface area contributed by atoms with Gasteiger partial charge in [-0.2, -0.15) is 0 Å². The van der Waals surface area contributed by atoms with E-state index in [4.69, 9.17) is 11.6 Å². The van der Waals surface area contributed by atoms with Crippen LogP contribution >= 0.6 is 11.6 Å². The monoisotopic (exact) mass is 216 g/mol. The molecule has 0 atom stereocenters. The number of halogens is 1. The predicted octanol–water partition coefficient (Wildman–Crippen LogP) is 1.86. The molecule has 0 saturated carbocycles. The minimum Gasteiger partial charge on any atom is -0.362 e. The van der Waals surface area contributed by atoms with E-state index in [0.717, 1.165) is 0 Å². The highest BCUT2D eigenvalue weighted by atomic mass is 35.5. The zero-order valence-corrected chi connectivity index (χ0v) is 8.45. The molecule has 1 rings (SSSR count). The van der Waals surface area contributed by atoms with Gasteiger partial charge in [0.1, 0.15) is 6.33 Å². The van der Waals surface area contributed by atoms with Gasteiger partial charge in [-0.25, -0.2) is 9.97 Å². The molecule has 0 saturated heterocycles. The second-order valence-electron chi connectivity index (χ2n) is 2.92. The van der Waals surface area contributed by atoms with E-state index in [1.165, 1.54) is 6.33 Å². The summed E-state index contributed by atoms with van der Waals surface area (Å²) in [6.45, 7) is 3.69. The van der Waals surface area contributed by atoms with Crippen LogP contribution in [-0.2, 0) is 0 Å². The van der Waals surface area contributed by atoms with Crippen molar-refractivity contribution in [1.29, 1.82) is 0 Å². The highest BCUT2D eigenvalue weighted by Gasteiger charge is 2.21. The average molecular weight is 217 g/mol. The van der Waals surface area contributed by atoms with E-state index in [2.05, 4.69) is 15.3 Å². The summed E-state index contributed by atoms with van der Waals surface area (Å²) in [5.74, 6) is 0.144. The van der Waals surface area contributed by atoms with Crippen molar-refractivity contribution in [1.82, 2.24) is 9.97 Å². The van der Waals surface area contributed by atoms with E-state index in [-0.39, 0.29) is 22.7 Å². The van der Waals surface area contributed by atoms with Crippen molar-refractivity contribution in [3.63, 3.8) is 0 Å². The molecular formula is C7H9ClN4O2. The van der Waals surface area contributed by atoms with Crippen molar-refractivity contribution >= 4 is 23.1 Å². The Morgan fingerprint density at radius 2 is 2.21 bits per heavy atom. The molecule has 0 aliphatic heterocycles. The van der Waals surface area contributed by atoms with Gasteiger partial charge in [0.25, 0.3) is 0 Å². The van der Waals surface area contributed by atoms with Gasteiger partial charge in [0.15, 0.2) is 0 Å². The molecule has 0 fully saturated rings. The van der Waals surface area contributed by atoms with Gasteiger partial charge in [-0.05, 0) is 13.8 Å². The van der Waals surface area contributed by atoms with E-state index in [1.54, 1.807) is 0 Å². The quantitative estimate of drug-likeness (QED) is 0.474. The second kappa shape index (κ2) is 4.19. The molecule has 1 N–H and O–H groups in total. The zero-order chi connectivity index (χ0) is 10.7. The third-order valence-corrected chi connectivity index (χ3v) is 1.66. The summed E-state index contributed by atoms with van der Waals surface area (Å²) in [7, 11) is 0. The van der Waals surface area contributed by atoms with Crippen molar-refractivity contribution < 1.29 is 4.92 Å².